The summed E-state index contributed by atoms with van der Waals surface area (Å²) in [5.74, 6) is 0.368. The Morgan fingerprint density at radius 3 is 3.00 bits per heavy atom. The largest absolute Gasteiger partial charge is 0.396 e. The molecule has 1 saturated carbocycles. The minimum Gasteiger partial charge on any atom is -0.396 e. The van der Waals surface area contributed by atoms with Crippen LogP contribution < -0.4 is 5.73 Å². The normalized spacial score (nSPS) is 31.8. The third kappa shape index (κ3) is 3.39. The van der Waals surface area contributed by atoms with Crippen molar-refractivity contribution in [2.45, 2.75) is 50.4 Å². The number of β-amino-alcohol motifs (C(OH)–C–C–N with tert-alkyl or cyclic N) is 1. The van der Waals surface area contributed by atoms with E-state index >= 15 is 0 Å². The second-order valence-corrected chi connectivity index (χ2v) is 6.71. The Labute approximate surface area is 125 Å². The molecule has 1 aliphatic heterocycles. The fourth-order valence-corrected chi connectivity index (χ4v) is 3.86. The van der Waals surface area contributed by atoms with E-state index in [9.17, 15) is 10.2 Å². The second kappa shape index (κ2) is 5.94. The number of aromatic nitrogens is 2. The molecule has 4 N–H and O–H groups in total. The Morgan fingerprint density at radius 2 is 2.24 bits per heavy atom. The van der Waals surface area contributed by atoms with Gasteiger partial charge in [0.15, 0.2) is 0 Å². The monoisotopic (exact) mass is 294 g/mol. The summed E-state index contributed by atoms with van der Waals surface area (Å²) >= 11 is 0. The molecule has 0 amide bonds. The highest BCUT2D eigenvalue weighted by Crippen LogP contribution is 2.39. The van der Waals surface area contributed by atoms with Crippen molar-refractivity contribution in [2.24, 2.45) is 5.92 Å². The molecule has 2 heterocycles. The van der Waals surface area contributed by atoms with Crippen LogP contribution in [0, 0.1) is 5.92 Å². The number of hydrogen-bond acceptors (Lipinski definition) is 5. The lowest BCUT2D eigenvalue weighted by Gasteiger charge is -2.47. The maximum absolute atomic E-state index is 10.7. The van der Waals surface area contributed by atoms with Crippen molar-refractivity contribution in [3.63, 3.8) is 0 Å². The molecule has 118 valence electrons. The highest BCUT2D eigenvalue weighted by Gasteiger charge is 2.42. The van der Waals surface area contributed by atoms with E-state index in [1.165, 1.54) is 6.42 Å². The Kier molecular flexibility index (Phi) is 4.19. The van der Waals surface area contributed by atoms with E-state index in [4.69, 9.17) is 5.73 Å². The van der Waals surface area contributed by atoms with Gasteiger partial charge in [-0.05, 0) is 19.3 Å². The van der Waals surface area contributed by atoms with Crippen LogP contribution in [0.2, 0.25) is 0 Å². The van der Waals surface area contributed by atoms with Crippen LogP contribution in [0.1, 0.15) is 32.1 Å². The molecule has 1 aliphatic carbocycles. The van der Waals surface area contributed by atoms with Crippen molar-refractivity contribution in [3.05, 3.63) is 12.4 Å². The average molecular weight is 294 g/mol. The first-order valence-corrected chi connectivity index (χ1v) is 7.96. The molecule has 0 bridgehead atoms. The highest BCUT2D eigenvalue weighted by atomic mass is 16.3. The molecule has 6 nitrogen and oxygen atoms in total. The number of nitrogens with two attached hydrogens (primary N) is 1. The number of anilines is 1. The fraction of sp³-hybridized carbons (Fsp3) is 0.800. The molecule has 0 spiro atoms. The lowest BCUT2D eigenvalue weighted by molar-refractivity contribution is -0.100. The van der Waals surface area contributed by atoms with Crippen LogP contribution in [0.4, 0.5) is 5.69 Å². The van der Waals surface area contributed by atoms with E-state index in [0.29, 0.717) is 24.7 Å². The Hall–Kier alpha value is -1.11. The minimum absolute atomic E-state index is 0.368. The third-order valence-electron chi connectivity index (χ3n) is 5.03. The maximum atomic E-state index is 10.7. The van der Waals surface area contributed by atoms with Gasteiger partial charge in [0.05, 0.1) is 30.1 Å². The van der Waals surface area contributed by atoms with Gasteiger partial charge < -0.3 is 20.8 Å². The van der Waals surface area contributed by atoms with Crippen LogP contribution in [0.3, 0.4) is 0 Å². The molecule has 0 aromatic carbocycles. The van der Waals surface area contributed by atoms with Gasteiger partial charge in [-0.2, -0.15) is 5.10 Å². The van der Waals surface area contributed by atoms with Gasteiger partial charge >= 0.3 is 0 Å². The quantitative estimate of drug-likeness (QED) is 0.750. The number of likely N-dealkylation sites (tertiary alicyclic amines) is 1. The lowest BCUT2D eigenvalue weighted by atomic mass is 9.71. The minimum atomic E-state index is -0.459. The molecule has 3 atom stereocenters. The van der Waals surface area contributed by atoms with E-state index in [-0.39, 0.29) is 0 Å². The first kappa shape index (κ1) is 14.8. The molecule has 1 aromatic heterocycles. The zero-order valence-corrected chi connectivity index (χ0v) is 12.5. The predicted octanol–water partition coefficient (Wildman–Crippen LogP) is 0.453. The van der Waals surface area contributed by atoms with Gasteiger partial charge in [-0.3, -0.25) is 4.68 Å². The molecule has 3 rings (SSSR count). The number of fused-ring (bicyclic) bond motifs is 1. The molecule has 1 aromatic rings. The van der Waals surface area contributed by atoms with Crippen LogP contribution in [0.15, 0.2) is 12.4 Å². The second-order valence-electron chi connectivity index (χ2n) is 6.71. The van der Waals surface area contributed by atoms with Crippen LogP contribution in [-0.2, 0) is 6.54 Å². The van der Waals surface area contributed by atoms with Crippen LogP contribution >= 0.6 is 0 Å². The Morgan fingerprint density at radius 1 is 1.38 bits per heavy atom. The van der Waals surface area contributed by atoms with E-state index in [0.717, 1.165) is 38.8 Å². The molecule has 6 heteroatoms. The summed E-state index contributed by atoms with van der Waals surface area (Å²) in [7, 11) is 0. The van der Waals surface area contributed by atoms with E-state index in [1.807, 2.05) is 0 Å². The Balaban J connectivity index is 1.51. The van der Waals surface area contributed by atoms with Crippen LogP contribution in [0.5, 0.6) is 0 Å². The molecular formula is C15H26N4O2. The first-order valence-electron chi connectivity index (χ1n) is 7.96. The summed E-state index contributed by atoms with van der Waals surface area (Å²) in [6.07, 6.45) is 8.12. The van der Waals surface area contributed by atoms with Gasteiger partial charge in [-0.1, -0.05) is 12.8 Å². The number of nitrogen functional groups attached to an aromatic ring is 1. The molecule has 1 saturated heterocycles. The summed E-state index contributed by atoms with van der Waals surface area (Å²) < 4.78 is 1.68. The van der Waals surface area contributed by atoms with Crippen molar-refractivity contribution in [1.82, 2.24) is 14.7 Å². The highest BCUT2D eigenvalue weighted by molar-refractivity contribution is 5.30. The smallest absolute Gasteiger partial charge is 0.0862 e. The van der Waals surface area contributed by atoms with Crippen molar-refractivity contribution in [1.29, 1.82) is 0 Å². The number of hydrogen-bond donors (Lipinski definition) is 3. The summed E-state index contributed by atoms with van der Waals surface area (Å²) in [5, 5.41) is 25.0. The van der Waals surface area contributed by atoms with Gasteiger partial charge in [0, 0.05) is 31.7 Å². The van der Waals surface area contributed by atoms with Gasteiger partial charge in [0.2, 0.25) is 0 Å². The Bertz CT molecular complexity index is 478. The number of aliphatic hydroxyl groups excluding tert-OH is 1. The molecule has 3 unspecified atom stereocenters. The molecule has 21 heavy (non-hydrogen) atoms. The van der Waals surface area contributed by atoms with Gasteiger partial charge in [0.25, 0.3) is 0 Å². The summed E-state index contributed by atoms with van der Waals surface area (Å²) in [4.78, 5) is 2.28. The van der Waals surface area contributed by atoms with Gasteiger partial charge in [0.1, 0.15) is 0 Å². The molecule has 0 radical (unpaired) electrons. The van der Waals surface area contributed by atoms with Crippen LogP contribution in [-0.4, -0.2) is 56.2 Å². The van der Waals surface area contributed by atoms with Crippen molar-refractivity contribution in [3.8, 4) is 0 Å². The molecule has 2 aliphatic rings. The molecular weight excluding hydrogens is 268 g/mol. The average Bonchev–Trinajstić information content (AvgIpc) is 2.84. The van der Waals surface area contributed by atoms with E-state index in [1.54, 1.807) is 17.1 Å². The first-order chi connectivity index (χ1) is 10.0. The molecule has 2 fully saturated rings. The van der Waals surface area contributed by atoms with Gasteiger partial charge in [-0.15, -0.1) is 0 Å². The van der Waals surface area contributed by atoms with Crippen molar-refractivity contribution in [2.75, 3.05) is 25.4 Å². The lowest BCUT2D eigenvalue weighted by Crippen LogP contribution is -2.54. The predicted molar refractivity (Wildman–Crippen MR) is 80.6 cm³/mol. The number of nitrogens with zero attached hydrogens (tertiary/aromatic N) is 3. The van der Waals surface area contributed by atoms with E-state index < -0.39 is 11.7 Å². The van der Waals surface area contributed by atoms with Gasteiger partial charge in [-0.25, -0.2) is 0 Å². The zero-order chi connectivity index (χ0) is 14.9. The fourth-order valence-electron chi connectivity index (χ4n) is 3.86. The topological polar surface area (TPSA) is 87.5 Å². The van der Waals surface area contributed by atoms with E-state index in [2.05, 4.69) is 10.00 Å². The zero-order valence-electron chi connectivity index (χ0n) is 12.5. The summed E-state index contributed by atoms with van der Waals surface area (Å²) in [6.45, 7) is 2.86. The maximum Gasteiger partial charge on any atom is 0.0862 e. The summed E-state index contributed by atoms with van der Waals surface area (Å²) in [5.41, 5.74) is 5.79. The SMILES string of the molecule is Nc1cnn(CC(O)CN2CCC3(O)CCCCC3C2)c1. The number of piperidine rings is 1. The van der Waals surface area contributed by atoms with Crippen LogP contribution in [0.25, 0.3) is 0 Å². The van der Waals surface area contributed by atoms with Crippen molar-refractivity contribution >= 4 is 5.69 Å². The third-order valence-corrected chi connectivity index (χ3v) is 5.03. The number of aliphatic hydroxyl groups is 2. The standard InChI is InChI=1S/C15H26N4O2/c16-13-7-17-19(9-13)11-14(20)10-18-6-5-15(21)4-2-1-3-12(15)8-18/h7,9,12,14,20-21H,1-6,8,10-11,16H2. The number of rotatable bonds is 4. The summed E-state index contributed by atoms with van der Waals surface area (Å²) in [6, 6.07) is 0. The van der Waals surface area contributed by atoms with Crippen molar-refractivity contribution < 1.29 is 10.2 Å².